The minimum absolute atomic E-state index is 0.570. The van der Waals surface area contributed by atoms with Crippen molar-refractivity contribution in [1.29, 1.82) is 0 Å². The van der Waals surface area contributed by atoms with Crippen molar-refractivity contribution in [3.63, 3.8) is 0 Å². The Morgan fingerprint density at radius 1 is 0.931 bits per heavy atom. The molecule has 0 aliphatic heterocycles. The smallest absolute Gasteiger partial charge is 0.495 e. The van der Waals surface area contributed by atoms with E-state index in [-0.39, 0.29) is 0 Å². The van der Waals surface area contributed by atoms with E-state index in [2.05, 4.69) is 40.0 Å². The normalized spacial score (nSPS) is 14.8. The Bertz CT molecular complexity index is 459. The molecule has 29 heavy (non-hydrogen) atoms. The van der Waals surface area contributed by atoms with Gasteiger partial charge in [0.2, 0.25) is 0 Å². The summed E-state index contributed by atoms with van der Waals surface area (Å²) in [5, 5.41) is 0. The van der Waals surface area contributed by atoms with Crippen LogP contribution in [0.5, 0.6) is 0 Å². The van der Waals surface area contributed by atoms with Crippen molar-refractivity contribution in [3.05, 3.63) is 12.0 Å². The van der Waals surface area contributed by atoms with Gasteiger partial charge in [-0.2, -0.15) is 0 Å². The highest BCUT2D eigenvalue weighted by molar-refractivity contribution is 6.83. The highest BCUT2D eigenvalue weighted by Gasteiger charge is 2.43. The van der Waals surface area contributed by atoms with E-state index in [1.165, 1.54) is 19.3 Å². The number of ether oxygens (including phenoxy) is 1. The average Bonchev–Trinajstić information content (AvgIpc) is 2.67. The fourth-order valence-corrected chi connectivity index (χ4v) is 14.6. The van der Waals surface area contributed by atoms with Gasteiger partial charge in [0.25, 0.3) is 5.95 Å². The maximum atomic E-state index is 6.57. The molecule has 0 saturated carbocycles. The van der Waals surface area contributed by atoms with Crippen LogP contribution in [-0.2, 0) is 26.6 Å². The average molecular weight is 467 g/mol. The van der Waals surface area contributed by atoms with Crippen molar-refractivity contribution in [2.75, 3.05) is 27.9 Å². The number of rotatable bonds is 17. The zero-order chi connectivity index (χ0) is 22.6. The molecule has 174 valence electrons. The van der Waals surface area contributed by atoms with Crippen LogP contribution in [0.3, 0.4) is 0 Å². The van der Waals surface area contributed by atoms with E-state index < -0.39 is 25.7 Å². The van der Waals surface area contributed by atoms with Crippen LogP contribution in [0.25, 0.3) is 0 Å². The molecule has 9 heteroatoms. The highest BCUT2D eigenvalue weighted by Crippen LogP contribution is 2.27. The molecule has 0 amide bonds. The molecule has 1 atom stereocenters. The highest BCUT2D eigenvalue weighted by atomic mass is 28.4. The molecule has 0 rings (SSSR count). The second kappa shape index (κ2) is 14.0. The molecule has 0 aromatic carbocycles. The third-order valence-corrected chi connectivity index (χ3v) is 14.6. The first-order chi connectivity index (χ1) is 13.5. The van der Waals surface area contributed by atoms with Crippen LogP contribution in [0.4, 0.5) is 0 Å². The third-order valence-electron chi connectivity index (χ3n) is 5.08. The summed E-state index contributed by atoms with van der Waals surface area (Å²) in [5.41, 5.74) is 0. The van der Waals surface area contributed by atoms with Gasteiger partial charge < -0.3 is 26.6 Å². The summed E-state index contributed by atoms with van der Waals surface area (Å²) in [6.07, 6.45) is 6.68. The minimum atomic E-state index is -2.59. The van der Waals surface area contributed by atoms with Crippen molar-refractivity contribution in [3.8, 4) is 0 Å². The molecule has 0 N–H and O–H groups in total. The van der Waals surface area contributed by atoms with Gasteiger partial charge in [-0.05, 0) is 57.6 Å². The lowest BCUT2D eigenvalue weighted by molar-refractivity contribution is 0.0633. The van der Waals surface area contributed by atoms with Crippen LogP contribution in [0, 0.1) is 5.92 Å². The molecule has 0 fully saturated rings. The summed E-state index contributed by atoms with van der Waals surface area (Å²) >= 11 is 0. The van der Waals surface area contributed by atoms with E-state index in [9.17, 15) is 0 Å². The quantitative estimate of drug-likeness (QED) is 0.196. The predicted octanol–water partition coefficient (Wildman–Crippen LogP) is 5.90. The Morgan fingerprint density at radius 2 is 1.52 bits per heavy atom. The molecule has 0 aliphatic rings. The van der Waals surface area contributed by atoms with Gasteiger partial charge >= 0.3 is 17.4 Å². The van der Waals surface area contributed by atoms with Crippen LogP contribution in [0.15, 0.2) is 12.0 Å². The van der Waals surface area contributed by atoms with Gasteiger partial charge in [-0.25, -0.2) is 0 Å². The number of allylic oxidation sites excluding steroid dienone is 1. The van der Waals surface area contributed by atoms with Gasteiger partial charge in [0, 0.05) is 27.4 Å². The predicted molar refractivity (Wildman–Crippen MR) is 127 cm³/mol. The molecule has 0 bridgehead atoms. The minimum Gasteiger partial charge on any atom is -0.495 e. The molecule has 0 spiro atoms. The summed E-state index contributed by atoms with van der Waals surface area (Å²) in [4.78, 5) is 0. The Hall–Kier alpha value is -0.169. The fourth-order valence-electron chi connectivity index (χ4n) is 3.26. The first kappa shape index (κ1) is 28.8. The lowest BCUT2D eigenvalue weighted by Crippen LogP contribution is -2.49. The molecule has 0 aliphatic carbocycles. The Balaban J connectivity index is 4.79. The summed E-state index contributed by atoms with van der Waals surface area (Å²) < 4.78 is 35.5. The molecule has 6 nitrogen and oxygen atoms in total. The van der Waals surface area contributed by atoms with E-state index >= 15 is 0 Å². The fraction of sp³-hybridized carbons (Fsp3) is 0.900. The van der Waals surface area contributed by atoms with Gasteiger partial charge in [-0.1, -0.05) is 33.1 Å². The zero-order valence-electron chi connectivity index (χ0n) is 20.6. The van der Waals surface area contributed by atoms with Crippen LogP contribution in [0.1, 0.15) is 46.5 Å². The monoisotopic (exact) mass is 466 g/mol. The van der Waals surface area contributed by atoms with E-state index in [1.807, 2.05) is 13.0 Å². The molecule has 0 saturated heterocycles. The third kappa shape index (κ3) is 11.7. The SMILES string of the molecule is C/C=C(/OCC(CC)CCCC)O[Si](C)(C)O[Si](C)(C)CC[Si](OC)(OC)OC. The van der Waals surface area contributed by atoms with Gasteiger partial charge in [0.1, 0.15) is 0 Å². The lowest BCUT2D eigenvalue weighted by Gasteiger charge is -2.35. The lowest BCUT2D eigenvalue weighted by atomic mass is 10.0. The largest absolute Gasteiger partial charge is 0.499 e. The van der Waals surface area contributed by atoms with Crippen LogP contribution < -0.4 is 0 Å². The maximum Gasteiger partial charge on any atom is 0.499 e. The zero-order valence-corrected chi connectivity index (χ0v) is 23.6. The van der Waals surface area contributed by atoms with Crippen molar-refractivity contribution in [2.24, 2.45) is 5.92 Å². The Morgan fingerprint density at radius 3 is 1.97 bits per heavy atom. The van der Waals surface area contributed by atoms with Gasteiger partial charge in [0.15, 0.2) is 8.32 Å². The molecular weight excluding hydrogens is 420 g/mol. The van der Waals surface area contributed by atoms with Crippen molar-refractivity contribution >= 4 is 25.7 Å². The van der Waals surface area contributed by atoms with Crippen molar-refractivity contribution in [1.82, 2.24) is 0 Å². The van der Waals surface area contributed by atoms with E-state index in [1.54, 1.807) is 21.3 Å². The Labute approximate surface area is 183 Å². The molecule has 1 unspecified atom stereocenters. The maximum absolute atomic E-state index is 6.57. The van der Waals surface area contributed by atoms with Crippen LogP contribution >= 0.6 is 0 Å². The standard InChI is InChI=1S/C20H46O6Si3/c1-11-14-15-19(12-2)18-24-20(13-3)25-28(9,10)26-27(7,8)16-17-29(21-4,22-5)23-6/h13,19H,11-12,14-18H2,1-10H3/b20-13-. The van der Waals surface area contributed by atoms with Crippen molar-refractivity contribution < 1.29 is 26.6 Å². The molecule has 0 heterocycles. The number of unbranched alkanes of at least 4 members (excludes halogenated alkanes) is 1. The summed E-state index contributed by atoms with van der Waals surface area (Å²) in [6, 6.07) is 1.62. The summed E-state index contributed by atoms with van der Waals surface area (Å²) in [7, 11) is -2.04. The summed E-state index contributed by atoms with van der Waals surface area (Å²) in [6.45, 7) is 15.7. The van der Waals surface area contributed by atoms with Crippen LogP contribution in [-0.4, -0.2) is 53.6 Å². The van der Waals surface area contributed by atoms with Gasteiger partial charge in [-0.3, -0.25) is 0 Å². The summed E-state index contributed by atoms with van der Waals surface area (Å²) in [5.74, 6) is 1.16. The Kier molecular flexibility index (Phi) is 13.9. The first-order valence-electron chi connectivity index (χ1n) is 10.9. The molecule has 0 aromatic heterocycles. The number of hydrogen-bond donors (Lipinski definition) is 0. The second-order valence-electron chi connectivity index (χ2n) is 8.49. The van der Waals surface area contributed by atoms with Gasteiger partial charge in [-0.15, -0.1) is 0 Å². The van der Waals surface area contributed by atoms with Crippen LogP contribution in [0.2, 0.25) is 38.3 Å². The first-order valence-corrected chi connectivity index (χ1v) is 18.7. The topological polar surface area (TPSA) is 55.4 Å². The second-order valence-corrected chi connectivity index (χ2v) is 19.4. The van der Waals surface area contributed by atoms with E-state index in [0.29, 0.717) is 18.5 Å². The van der Waals surface area contributed by atoms with E-state index in [0.717, 1.165) is 18.5 Å². The van der Waals surface area contributed by atoms with E-state index in [4.69, 9.17) is 26.6 Å². The van der Waals surface area contributed by atoms with Crippen molar-refractivity contribution in [2.45, 2.75) is 84.7 Å². The molecule has 0 aromatic rings. The molecular formula is C20H46O6Si3. The van der Waals surface area contributed by atoms with Gasteiger partial charge in [0.05, 0.1) is 6.61 Å². The molecule has 0 radical (unpaired) electrons. The number of hydrogen-bond acceptors (Lipinski definition) is 6.